The van der Waals surface area contributed by atoms with E-state index in [9.17, 15) is 4.79 Å². The molecule has 0 radical (unpaired) electrons. The number of anilines is 1. The van der Waals surface area contributed by atoms with Gasteiger partial charge in [-0.2, -0.15) is 0 Å². The monoisotopic (exact) mass is 250 g/mol. The molecular weight excluding hydrogens is 232 g/mol. The third kappa shape index (κ3) is 2.18. The standard InChI is InChI=1S/C13H18N2O3/c1-4-15(5-2)12-10(13(16)17-3)6-9-7-18-8-11(9)14-12/h6H,4-5,7-8H2,1-3H3. The molecule has 1 aromatic rings. The molecule has 0 bridgehead atoms. The average molecular weight is 250 g/mol. The molecule has 5 heteroatoms. The SMILES string of the molecule is CCN(CC)c1nc2c(cc1C(=O)OC)COC2. The van der Waals surface area contributed by atoms with Crippen LogP contribution < -0.4 is 4.90 Å². The third-order valence-electron chi connectivity index (χ3n) is 3.14. The summed E-state index contributed by atoms with van der Waals surface area (Å²) in [7, 11) is 1.39. The summed E-state index contributed by atoms with van der Waals surface area (Å²) in [5, 5.41) is 0. The van der Waals surface area contributed by atoms with Gasteiger partial charge in [0.1, 0.15) is 11.4 Å². The molecule has 0 N–H and O–H groups in total. The molecule has 0 unspecified atom stereocenters. The molecule has 1 aliphatic rings. The van der Waals surface area contributed by atoms with Crippen molar-refractivity contribution < 1.29 is 14.3 Å². The number of fused-ring (bicyclic) bond motifs is 1. The van der Waals surface area contributed by atoms with Gasteiger partial charge in [0.2, 0.25) is 0 Å². The molecule has 2 rings (SSSR count). The van der Waals surface area contributed by atoms with Crippen molar-refractivity contribution in [3.8, 4) is 0 Å². The van der Waals surface area contributed by atoms with Crippen LogP contribution in [0.5, 0.6) is 0 Å². The van der Waals surface area contributed by atoms with Crippen LogP contribution in [0.3, 0.4) is 0 Å². The summed E-state index contributed by atoms with van der Waals surface area (Å²) in [6.45, 7) is 6.71. The minimum absolute atomic E-state index is 0.348. The Balaban J connectivity index is 2.51. The fraction of sp³-hybridized carbons (Fsp3) is 0.538. The van der Waals surface area contributed by atoms with Crippen molar-refractivity contribution in [2.24, 2.45) is 0 Å². The first kappa shape index (κ1) is 12.8. The summed E-state index contributed by atoms with van der Waals surface area (Å²) >= 11 is 0. The van der Waals surface area contributed by atoms with Crippen molar-refractivity contribution in [1.82, 2.24) is 4.98 Å². The molecule has 18 heavy (non-hydrogen) atoms. The van der Waals surface area contributed by atoms with Crippen LogP contribution in [0.2, 0.25) is 0 Å². The van der Waals surface area contributed by atoms with Gasteiger partial charge in [-0.3, -0.25) is 0 Å². The predicted octanol–water partition coefficient (Wildman–Crippen LogP) is 1.74. The lowest BCUT2D eigenvalue weighted by molar-refractivity contribution is 0.0601. The van der Waals surface area contributed by atoms with E-state index in [2.05, 4.69) is 4.98 Å². The molecule has 5 nitrogen and oxygen atoms in total. The lowest BCUT2D eigenvalue weighted by atomic mass is 10.1. The van der Waals surface area contributed by atoms with Crippen LogP contribution in [-0.4, -0.2) is 31.2 Å². The van der Waals surface area contributed by atoms with E-state index in [1.165, 1.54) is 7.11 Å². The van der Waals surface area contributed by atoms with E-state index in [0.29, 0.717) is 24.6 Å². The number of hydrogen-bond acceptors (Lipinski definition) is 5. The number of pyridine rings is 1. The normalized spacial score (nSPS) is 13.3. The summed E-state index contributed by atoms with van der Waals surface area (Å²) in [4.78, 5) is 18.5. The Labute approximate surface area is 107 Å². The molecular formula is C13H18N2O3. The molecule has 0 saturated heterocycles. The first-order valence-corrected chi connectivity index (χ1v) is 6.15. The highest BCUT2D eigenvalue weighted by Crippen LogP contribution is 2.26. The second-order valence-corrected chi connectivity index (χ2v) is 4.12. The Morgan fingerprint density at radius 1 is 1.44 bits per heavy atom. The van der Waals surface area contributed by atoms with E-state index in [4.69, 9.17) is 9.47 Å². The Morgan fingerprint density at radius 2 is 2.17 bits per heavy atom. The lowest BCUT2D eigenvalue weighted by Crippen LogP contribution is -2.26. The molecule has 1 aliphatic heterocycles. The van der Waals surface area contributed by atoms with Crippen molar-refractivity contribution in [1.29, 1.82) is 0 Å². The zero-order chi connectivity index (χ0) is 13.1. The molecule has 2 heterocycles. The third-order valence-corrected chi connectivity index (χ3v) is 3.14. The molecule has 0 aromatic carbocycles. The quantitative estimate of drug-likeness (QED) is 0.762. The minimum Gasteiger partial charge on any atom is -0.465 e. The number of aromatic nitrogens is 1. The minimum atomic E-state index is -0.348. The fourth-order valence-corrected chi connectivity index (χ4v) is 2.11. The number of rotatable bonds is 4. The Kier molecular flexibility index (Phi) is 3.81. The van der Waals surface area contributed by atoms with Crippen molar-refractivity contribution in [3.05, 3.63) is 22.9 Å². The van der Waals surface area contributed by atoms with E-state index in [1.807, 2.05) is 24.8 Å². The highest BCUT2D eigenvalue weighted by Gasteiger charge is 2.23. The van der Waals surface area contributed by atoms with E-state index in [0.717, 1.165) is 24.3 Å². The van der Waals surface area contributed by atoms with Gasteiger partial charge in [-0.15, -0.1) is 0 Å². The predicted molar refractivity (Wildman–Crippen MR) is 67.6 cm³/mol. The summed E-state index contributed by atoms with van der Waals surface area (Å²) in [6.07, 6.45) is 0. The van der Waals surface area contributed by atoms with Crippen molar-refractivity contribution in [2.45, 2.75) is 27.1 Å². The molecule has 98 valence electrons. The van der Waals surface area contributed by atoms with E-state index < -0.39 is 0 Å². The Bertz CT molecular complexity index is 456. The Morgan fingerprint density at radius 3 is 2.78 bits per heavy atom. The van der Waals surface area contributed by atoms with Gasteiger partial charge in [-0.1, -0.05) is 0 Å². The molecule has 0 atom stereocenters. The molecule has 0 spiro atoms. The van der Waals surface area contributed by atoms with Crippen LogP contribution in [0.15, 0.2) is 6.07 Å². The fourth-order valence-electron chi connectivity index (χ4n) is 2.11. The summed E-state index contributed by atoms with van der Waals surface area (Å²) in [5.74, 6) is 0.343. The zero-order valence-corrected chi connectivity index (χ0v) is 11.0. The smallest absolute Gasteiger partial charge is 0.341 e. The van der Waals surface area contributed by atoms with Crippen LogP contribution in [0.4, 0.5) is 5.82 Å². The highest BCUT2D eigenvalue weighted by molar-refractivity contribution is 5.95. The van der Waals surface area contributed by atoms with Crippen molar-refractivity contribution in [3.63, 3.8) is 0 Å². The molecule has 0 fully saturated rings. The zero-order valence-electron chi connectivity index (χ0n) is 11.0. The van der Waals surface area contributed by atoms with Gasteiger partial charge >= 0.3 is 5.97 Å². The van der Waals surface area contributed by atoms with E-state index >= 15 is 0 Å². The van der Waals surface area contributed by atoms with Crippen molar-refractivity contribution in [2.75, 3.05) is 25.1 Å². The van der Waals surface area contributed by atoms with Crippen LogP contribution in [0.1, 0.15) is 35.5 Å². The maximum Gasteiger partial charge on any atom is 0.341 e. The van der Waals surface area contributed by atoms with Crippen LogP contribution >= 0.6 is 0 Å². The number of carbonyl (C=O) groups excluding carboxylic acids is 1. The van der Waals surface area contributed by atoms with Gasteiger partial charge in [0, 0.05) is 18.7 Å². The number of carbonyl (C=O) groups is 1. The van der Waals surface area contributed by atoms with Crippen LogP contribution in [0, 0.1) is 0 Å². The number of nitrogens with zero attached hydrogens (tertiary/aromatic N) is 2. The molecule has 0 saturated carbocycles. The van der Waals surface area contributed by atoms with Gasteiger partial charge in [0.05, 0.1) is 26.0 Å². The van der Waals surface area contributed by atoms with Gasteiger partial charge in [-0.05, 0) is 19.9 Å². The summed E-state index contributed by atoms with van der Waals surface area (Å²) < 4.78 is 10.2. The highest BCUT2D eigenvalue weighted by atomic mass is 16.5. The van der Waals surface area contributed by atoms with Crippen LogP contribution in [0.25, 0.3) is 0 Å². The van der Waals surface area contributed by atoms with Crippen LogP contribution in [-0.2, 0) is 22.7 Å². The number of hydrogen-bond donors (Lipinski definition) is 0. The van der Waals surface area contributed by atoms with Gasteiger partial charge in [-0.25, -0.2) is 9.78 Å². The van der Waals surface area contributed by atoms with Gasteiger partial charge in [0.25, 0.3) is 0 Å². The summed E-state index contributed by atoms with van der Waals surface area (Å²) in [5.41, 5.74) is 2.42. The summed E-state index contributed by atoms with van der Waals surface area (Å²) in [6, 6.07) is 1.84. The average Bonchev–Trinajstić information content (AvgIpc) is 2.85. The second-order valence-electron chi connectivity index (χ2n) is 4.12. The van der Waals surface area contributed by atoms with Gasteiger partial charge < -0.3 is 14.4 Å². The number of ether oxygens (including phenoxy) is 2. The number of esters is 1. The molecule has 0 aliphatic carbocycles. The first-order valence-electron chi connectivity index (χ1n) is 6.15. The second kappa shape index (κ2) is 5.35. The maximum atomic E-state index is 11.8. The topological polar surface area (TPSA) is 51.7 Å². The van der Waals surface area contributed by atoms with Gasteiger partial charge in [0.15, 0.2) is 0 Å². The largest absolute Gasteiger partial charge is 0.465 e. The maximum absolute atomic E-state index is 11.8. The van der Waals surface area contributed by atoms with Crippen molar-refractivity contribution >= 4 is 11.8 Å². The van der Waals surface area contributed by atoms with E-state index in [-0.39, 0.29) is 5.97 Å². The Hall–Kier alpha value is -1.62. The molecule has 0 amide bonds. The van der Waals surface area contributed by atoms with E-state index in [1.54, 1.807) is 0 Å². The molecule has 1 aromatic heterocycles. The first-order chi connectivity index (χ1) is 8.71. The lowest BCUT2D eigenvalue weighted by Gasteiger charge is -2.22. The number of methoxy groups -OCH3 is 1.